The Kier molecular flexibility index (Phi) is 3.05. The van der Waals surface area contributed by atoms with Crippen molar-refractivity contribution in [1.82, 2.24) is 0 Å². The zero-order valence-electron chi connectivity index (χ0n) is 10.8. The molecule has 0 bridgehead atoms. The molecule has 0 unspecified atom stereocenters. The fourth-order valence-corrected chi connectivity index (χ4v) is 3.03. The van der Waals surface area contributed by atoms with E-state index in [4.69, 9.17) is 16.0 Å². The van der Waals surface area contributed by atoms with Crippen LogP contribution in [0.4, 0.5) is 0 Å². The predicted molar refractivity (Wildman–Crippen MR) is 74.4 cm³/mol. The molecule has 1 heterocycles. The summed E-state index contributed by atoms with van der Waals surface area (Å²) in [5.74, 6) is -1.46. The van der Waals surface area contributed by atoms with Gasteiger partial charge in [-0.15, -0.1) is 0 Å². The van der Waals surface area contributed by atoms with Crippen LogP contribution in [-0.2, 0) is 0 Å². The first kappa shape index (κ1) is 13.4. The summed E-state index contributed by atoms with van der Waals surface area (Å²) in [7, 11) is 0. The highest BCUT2D eigenvalue weighted by Crippen LogP contribution is 2.66. The number of nitrogens with zero attached hydrogens (tertiary/aromatic N) is 2. The van der Waals surface area contributed by atoms with Gasteiger partial charge < -0.3 is 4.42 Å². The van der Waals surface area contributed by atoms with E-state index < -0.39 is 17.3 Å². The molecule has 0 saturated heterocycles. The molecule has 1 aliphatic carbocycles. The van der Waals surface area contributed by atoms with E-state index in [0.29, 0.717) is 10.6 Å². The maximum absolute atomic E-state index is 12.5. The third-order valence-electron chi connectivity index (χ3n) is 3.86. The van der Waals surface area contributed by atoms with E-state index in [1.807, 2.05) is 12.1 Å². The van der Waals surface area contributed by atoms with Gasteiger partial charge in [-0.3, -0.25) is 4.79 Å². The van der Waals surface area contributed by atoms with Gasteiger partial charge in [-0.25, -0.2) is 0 Å². The molecule has 1 aliphatic rings. The van der Waals surface area contributed by atoms with Crippen LogP contribution in [0.5, 0.6) is 0 Å². The third kappa shape index (κ3) is 1.85. The highest BCUT2D eigenvalue weighted by atomic mass is 35.5. The van der Waals surface area contributed by atoms with Crippen LogP contribution in [0.1, 0.15) is 22.0 Å². The van der Waals surface area contributed by atoms with Crippen LogP contribution in [0.2, 0.25) is 5.02 Å². The van der Waals surface area contributed by atoms with Crippen LogP contribution in [0.15, 0.2) is 47.1 Å². The van der Waals surface area contributed by atoms with Gasteiger partial charge in [-0.1, -0.05) is 29.8 Å². The summed E-state index contributed by atoms with van der Waals surface area (Å²) in [4.78, 5) is 12.5. The molecule has 5 heteroatoms. The third-order valence-corrected chi connectivity index (χ3v) is 4.21. The quantitative estimate of drug-likeness (QED) is 0.811. The monoisotopic (exact) mass is 296 g/mol. The Morgan fingerprint density at radius 3 is 2.48 bits per heavy atom. The van der Waals surface area contributed by atoms with Crippen molar-refractivity contribution in [3.8, 4) is 12.1 Å². The lowest BCUT2D eigenvalue weighted by molar-refractivity contribution is 0.0930. The highest BCUT2D eigenvalue weighted by Gasteiger charge is 2.71. The largest absolute Gasteiger partial charge is 0.461 e. The molecule has 1 aromatic heterocycles. The Labute approximate surface area is 126 Å². The molecule has 0 amide bonds. The minimum absolute atomic E-state index is 0.157. The molecule has 2 atom stereocenters. The fourth-order valence-electron chi connectivity index (χ4n) is 2.77. The van der Waals surface area contributed by atoms with E-state index in [-0.39, 0.29) is 11.5 Å². The number of rotatable bonds is 3. The summed E-state index contributed by atoms with van der Waals surface area (Å²) >= 11 is 6.14. The van der Waals surface area contributed by atoms with E-state index in [0.717, 1.165) is 0 Å². The van der Waals surface area contributed by atoms with Gasteiger partial charge in [-0.2, -0.15) is 10.5 Å². The summed E-state index contributed by atoms with van der Waals surface area (Å²) in [6.07, 6.45) is 1.39. The second-order valence-corrected chi connectivity index (χ2v) is 5.32. The first-order valence-corrected chi connectivity index (χ1v) is 6.68. The summed E-state index contributed by atoms with van der Waals surface area (Å²) in [5, 5.41) is 19.2. The minimum Gasteiger partial charge on any atom is -0.461 e. The Bertz CT molecular complexity index is 769. The standard InChI is InChI=1S/C16H9ClN2O2/c17-11-5-2-1-4-10(11)13-14(16(13,8-18)9-19)15(20)12-6-3-7-21-12/h1-7,13-14H/t13-,14+/m0/s1. The van der Waals surface area contributed by atoms with Gasteiger partial charge in [0.25, 0.3) is 0 Å². The number of hydrogen-bond donors (Lipinski definition) is 0. The molecule has 1 fully saturated rings. The summed E-state index contributed by atoms with van der Waals surface area (Å²) in [6, 6.07) is 14.1. The second kappa shape index (κ2) is 4.77. The predicted octanol–water partition coefficient (Wildman–Crippen LogP) is 3.56. The van der Waals surface area contributed by atoms with E-state index in [1.165, 1.54) is 12.3 Å². The van der Waals surface area contributed by atoms with Crippen LogP contribution in [0, 0.1) is 34.0 Å². The number of furan rings is 1. The maximum atomic E-state index is 12.5. The minimum atomic E-state index is -1.38. The molecule has 0 aliphatic heterocycles. The molecule has 0 N–H and O–H groups in total. The number of benzene rings is 1. The van der Waals surface area contributed by atoms with Gasteiger partial charge >= 0.3 is 0 Å². The molecule has 1 aromatic carbocycles. The number of hydrogen-bond acceptors (Lipinski definition) is 4. The number of carbonyl (C=O) groups excluding carboxylic acids is 1. The molecule has 0 radical (unpaired) electrons. The van der Waals surface area contributed by atoms with Gasteiger partial charge in [0, 0.05) is 10.9 Å². The fraction of sp³-hybridized carbons (Fsp3) is 0.188. The lowest BCUT2D eigenvalue weighted by Gasteiger charge is -2.02. The Morgan fingerprint density at radius 1 is 1.19 bits per heavy atom. The highest BCUT2D eigenvalue weighted by molar-refractivity contribution is 6.31. The second-order valence-electron chi connectivity index (χ2n) is 4.91. The van der Waals surface area contributed by atoms with Crippen molar-refractivity contribution in [2.45, 2.75) is 5.92 Å². The van der Waals surface area contributed by atoms with Crippen LogP contribution in [-0.4, -0.2) is 5.78 Å². The lowest BCUT2D eigenvalue weighted by atomic mass is 10.0. The van der Waals surface area contributed by atoms with E-state index >= 15 is 0 Å². The first-order valence-electron chi connectivity index (χ1n) is 6.30. The molecule has 1 saturated carbocycles. The summed E-state index contributed by atoms with van der Waals surface area (Å²) in [5.41, 5.74) is -0.735. The molecule has 21 heavy (non-hydrogen) atoms. The average Bonchev–Trinajstić information content (AvgIpc) is 2.86. The lowest BCUT2D eigenvalue weighted by Crippen LogP contribution is -2.07. The molecule has 0 spiro atoms. The van der Waals surface area contributed by atoms with Gasteiger partial charge in [0.05, 0.1) is 24.3 Å². The zero-order valence-corrected chi connectivity index (χ0v) is 11.5. The van der Waals surface area contributed by atoms with Gasteiger partial charge in [0.15, 0.2) is 11.2 Å². The first-order chi connectivity index (χ1) is 10.2. The number of Topliss-reactive ketones (excluding diaryl/α,β-unsaturated/α-hetero) is 1. The zero-order chi connectivity index (χ0) is 15.0. The van der Waals surface area contributed by atoms with Crippen molar-refractivity contribution in [1.29, 1.82) is 10.5 Å². The van der Waals surface area contributed by atoms with E-state index in [1.54, 1.807) is 30.3 Å². The van der Waals surface area contributed by atoms with Crippen molar-refractivity contribution >= 4 is 17.4 Å². The van der Waals surface area contributed by atoms with E-state index in [9.17, 15) is 15.3 Å². The van der Waals surface area contributed by atoms with Crippen molar-refractivity contribution < 1.29 is 9.21 Å². The normalized spacial score (nSPS) is 22.0. The average molecular weight is 297 g/mol. The molecular weight excluding hydrogens is 288 g/mol. The van der Waals surface area contributed by atoms with Crippen molar-refractivity contribution in [2.75, 3.05) is 0 Å². The molecular formula is C16H9ClN2O2. The van der Waals surface area contributed by atoms with Crippen molar-refractivity contribution in [3.05, 3.63) is 59.0 Å². The van der Waals surface area contributed by atoms with Gasteiger partial charge in [0.1, 0.15) is 0 Å². The SMILES string of the molecule is N#CC1(C#N)[C@@H](C(=O)c2ccco2)[C@@H]1c1ccccc1Cl. The Morgan fingerprint density at radius 2 is 1.90 bits per heavy atom. The molecule has 102 valence electrons. The summed E-state index contributed by atoms with van der Waals surface area (Å²) in [6.45, 7) is 0. The van der Waals surface area contributed by atoms with Crippen molar-refractivity contribution in [2.24, 2.45) is 11.3 Å². The Balaban J connectivity index is 2.05. The molecule has 2 aromatic rings. The molecule has 4 nitrogen and oxygen atoms in total. The maximum Gasteiger partial charge on any atom is 0.204 e. The van der Waals surface area contributed by atoms with Crippen LogP contribution in [0.3, 0.4) is 0 Å². The van der Waals surface area contributed by atoms with Gasteiger partial charge in [0.2, 0.25) is 5.78 Å². The summed E-state index contributed by atoms with van der Waals surface area (Å²) < 4.78 is 5.09. The van der Waals surface area contributed by atoms with E-state index in [2.05, 4.69) is 0 Å². The number of halogens is 1. The molecule has 3 rings (SSSR count). The number of ketones is 1. The Hall–Kier alpha value is -2.56. The van der Waals surface area contributed by atoms with Gasteiger partial charge in [-0.05, 0) is 23.8 Å². The van der Waals surface area contributed by atoms with Crippen molar-refractivity contribution in [3.63, 3.8) is 0 Å². The number of carbonyl (C=O) groups is 1. The van der Waals surface area contributed by atoms with Crippen LogP contribution < -0.4 is 0 Å². The topological polar surface area (TPSA) is 77.8 Å². The smallest absolute Gasteiger partial charge is 0.204 e. The number of nitriles is 2. The van der Waals surface area contributed by atoms with Crippen LogP contribution in [0.25, 0.3) is 0 Å². The van der Waals surface area contributed by atoms with Crippen LogP contribution >= 0.6 is 11.6 Å².